The summed E-state index contributed by atoms with van der Waals surface area (Å²) in [5, 5.41) is 0. The standard InChI is InChI=1S/C38H75O8P/c1-3-5-7-9-11-13-14-15-16-17-18-19-20-21-22-23-25-27-29-31-33-38(40)46-36(35-45-47(41,42)43)34-44-37(39)32-30-28-26-24-12-10-8-6-4-2/h36H,3-35H2,1-2H3,(H2,41,42,43)/t36-/m1/s1. The van der Waals surface area contributed by atoms with Crippen molar-refractivity contribution in [3.05, 3.63) is 0 Å². The van der Waals surface area contributed by atoms with Crippen LogP contribution >= 0.6 is 7.82 Å². The number of hydrogen-bond donors (Lipinski definition) is 2. The molecule has 0 fully saturated rings. The summed E-state index contributed by atoms with van der Waals surface area (Å²) >= 11 is 0. The molecule has 0 aliphatic rings. The molecule has 280 valence electrons. The molecule has 0 radical (unpaired) electrons. The zero-order valence-corrected chi connectivity index (χ0v) is 31.6. The Balaban J connectivity index is 3.81. The maximum atomic E-state index is 12.4. The highest BCUT2D eigenvalue weighted by Crippen LogP contribution is 2.36. The van der Waals surface area contributed by atoms with Gasteiger partial charge in [0.25, 0.3) is 0 Å². The molecule has 0 aromatic heterocycles. The van der Waals surface area contributed by atoms with Crippen molar-refractivity contribution in [2.75, 3.05) is 13.2 Å². The lowest BCUT2D eigenvalue weighted by molar-refractivity contribution is -0.161. The molecule has 0 amide bonds. The molecule has 47 heavy (non-hydrogen) atoms. The Kier molecular flexibility index (Phi) is 34.2. The topological polar surface area (TPSA) is 119 Å². The van der Waals surface area contributed by atoms with E-state index in [4.69, 9.17) is 19.3 Å². The van der Waals surface area contributed by atoms with Crippen LogP contribution in [0.4, 0.5) is 0 Å². The smallest absolute Gasteiger partial charge is 0.462 e. The number of ether oxygens (including phenoxy) is 2. The lowest BCUT2D eigenvalue weighted by Crippen LogP contribution is -2.29. The van der Waals surface area contributed by atoms with Crippen molar-refractivity contribution in [1.82, 2.24) is 0 Å². The van der Waals surface area contributed by atoms with Crippen LogP contribution in [0.5, 0.6) is 0 Å². The predicted molar refractivity (Wildman–Crippen MR) is 193 cm³/mol. The number of carbonyl (C=O) groups is 2. The summed E-state index contributed by atoms with van der Waals surface area (Å²) in [7, 11) is -4.74. The number of phosphoric ester groups is 1. The first-order valence-corrected chi connectivity index (χ1v) is 21.4. The summed E-state index contributed by atoms with van der Waals surface area (Å²) < 4.78 is 26.3. The summed E-state index contributed by atoms with van der Waals surface area (Å²) in [6, 6.07) is 0. The van der Waals surface area contributed by atoms with Gasteiger partial charge in [0.1, 0.15) is 6.61 Å². The second-order valence-corrected chi connectivity index (χ2v) is 14.9. The second kappa shape index (κ2) is 34.9. The number of carbonyl (C=O) groups excluding carboxylic acids is 2. The van der Waals surface area contributed by atoms with Gasteiger partial charge in [0, 0.05) is 12.8 Å². The van der Waals surface area contributed by atoms with Gasteiger partial charge in [0.2, 0.25) is 0 Å². The summed E-state index contributed by atoms with van der Waals surface area (Å²) in [5.74, 6) is -0.874. The van der Waals surface area contributed by atoms with E-state index in [1.165, 1.54) is 148 Å². The first-order chi connectivity index (χ1) is 22.8. The van der Waals surface area contributed by atoms with Crippen LogP contribution in [0.1, 0.15) is 213 Å². The number of phosphoric acid groups is 1. The molecular formula is C38H75O8P. The highest BCUT2D eigenvalue weighted by molar-refractivity contribution is 7.46. The van der Waals surface area contributed by atoms with E-state index in [1.807, 2.05) is 0 Å². The van der Waals surface area contributed by atoms with E-state index in [0.717, 1.165) is 32.1 Å². The Morgan fingerprint density at radius 3 is 1.09 bits per heavy atom. The van der Waals surface area contributed by atoms with Gasteiger partial charge in [-0.25, -0.2) is 4.57 Å². The second-order valence-electron chi connectivity index (χ2n) is 13.6. The largest absolute Gasteiger partial charge is 0.469 e. The fourth-order valence-corrected chi connectivity index (χ4v) is 6.26. The number of rotatable bonds is 37. The molecule has 0 aliphatic carbocycles. The maximum absolute atomic E-state index is 12.4. The van der Waals surface area contributed by atoms with Gasteiger partial charge in [-0.05, 0) is 12.8 Å². The number of esters is 2. The van der Waals surface area contributed by atoms with Crippen LogP contribution in [0.2, 0.25) is 0 Å². The van der Waals surface area contributed by atoms with E-state index in [9.17, 15) is 14.2 Å². The van der Waals surface area contributed by atoms with Crippen LogP contribution in [0.3, 0.4) is 0 Å². The van der Waals surface area contributed by atoms with Crippen LogP contribution in [0.25, 0.3) is 0 Å². The summed E-state index contributed by atoms with van der Waals surface area (Å²) in [4.78, 5) is 42.6. The van der Waals surface area contributed by atoms with Crippen molar-refractivity contribution < 1.29 is 37.9 Å². The van der Waals surface area contributed by atoms with Gasteiger partial charge >= 0.3 is 19.8 Å². The maximum Gasteiger partial charge on any atom is 0.469 e. The SMILES string of the molecule is CCCCCCCCCCCCCCCCCCCCCCC(=O)O[C@H](COC(=O)CCCCCCCCCCC)COP(=O)(O)O. The van der Waals surface area contributed by atoms with E-state index >= 15 is 0 Å². The molecule has 0 saturated heterocycles. The molecule has 1 atom stereocenters. The third-order valence-electron chi connectivity index (χ3n) is 8.88. The highest BCUT2D eigenvalue weighted by Gasteiger charge is 2.22. The molecule has 0 bridgehead atoms. The van der Waals surface area contributed by atoms with E-state index in [1.54, 1.807) is 0 Å². The predicted octanol–water partition coefficient (Wildman–Crippen LogP) is 11.7. The van der Waals surface area contributed by atoms with Crippen molar-refractivity contribution in [1.29, 1.82) is 0 Å². The van der Waals surface area contributed by atoms with Crippen molar-refractivity contribution >= 4 is 19.8 Å². The zero-order valence-electron chi connectivity index (χ0n) is 30.7. The van der Waals surface area contributed by atoms with Crippen molar-refractivity contribution in [3.8, 4) is 0 Å². The molecule has 9 heteroatoms. The van der Waals surface area contributed by atoms with Crippen LogP contribution < -0.4 is 0 Å². The fourth-order valence-electron chi connectivity index (χ4n) is 5.90. The Labute approximate surface area is 289 Å². The Bertz CT molecular complexity index is 741. The van der Waals surface area contributed by atoms with Crippen molar-refractivity contribution in [2.24, 2.45) is 0 Å². The van der Waals surface area contributed by atoms with Gasteiger partial charge in [-0.1, -0.05) is 187 Å². The van der Waals surface area contributed by atoms with Crippen LogP contribution in [-0.2, 0) is 28.2 Å². The van der Waals surface area contributed by atoms with E-state index < -0.39 is 32.5 Å². The van der Waals surface area contributed by atoms with Crippen molar-refractivity contribution in [3.63, 3.8) is 0 Å². The third-order valence-corrected chi connectivity index (χ3v) is 9.36. The van der Waals surface area contributed by atoms with Crippen molar-refractivity contribution in [2.45, 2.75) is 219 Å². The van der Waals surface area contributed by atoms with Gasteiger partial charge in [0.15, 0.2) is 6.10 Å². The van der Waals surface area contributed by atoms with E-state index in [-0.39, 0.29) is 19.4 Å². The summed E-state index contributed by atoms with van der Waals surface area (Å²) in [6.07, 6.45) is 35.5. The Hall–Kier alpha value is -0.950. The van der Waals surface area contributed by atoms with Gasteiger partial charge in [-0.3, -0.25) is 14.1 Å². The molecule has 8 nitrogen and oxygen atoms in total. The lowest BCUT2D eigenvalue weighted by Gasteiger charge is -2.18. The van der Waals surface area contributed by atoms with Gasteiger partial charge < -0.3 is 19.3 Å². The quantitative estimate of drug-likeness (QED) is 0.0375. The summed E-state index contributed by atoms with van der Waals surface area (Å²) in [6.45, 7) is 3.68. The normalized spacial score (nSPS) is 12.3. The zero-order chi connectivity index (χ0) is 34.7. The van der Waals surface area contributed by atoms with Crippen LogP contribution in [0, 0.1) is 0 Å². The molecule has 0 spiro atoms. The molecule has 0 aliphatic heterocycles. The Morgan fingerprint density at radius 1 is 0.468 bits per heavy atom. The van der Waals surface area contributed by atoms with E-state index in [0.29, 0.717) is 6.42 Å². The minimum Gasteiger partial charge on any atom is -0.462 e. The van der Waals surface area contributed by atoms with E-state index in [2.05, 4.69) is 18.4 Å². The average molecular weight is 691 g/mol. The summed E-state index contributed by atoms with van der Waals surface area (Å²) in [5.41, 5.74) is 0. The Morgan fingerprint density at radius 2 is 0.766 bits per heavy atom. The van der Waals surface area contributed by atoms with Gasteiger partial charge in [-0.15, -0.1) is 0 Å². The van der Waals surface area contributed by atoms with Crippen LogP contribution in [-0.4, -0.2) is 41.0 Å². The third kappa shape index (κ3) is 37.7. The monoisotopic (exact) mass is 691 g/mol. The average Bonchev–Trinajstić information content (AvgIpc) is 3.03. The fraction of sp³-hybridized carbons (Fsp3) is 0.947. The van der Waals surface area contributed by atoms with Gasteiger partial charge in [-0.2, -0.15) is 0 Å². The highest BCUT2D eigenvalue weighted by atomic mass is 31.2. The minimum absolute atomic E-state index is 0.220. The minimum atomic E-state index is -4.74. The molecular weight excluding hydrogens is 615 g/mol. The molecule has 0 rings (SSSR count). The first kappa shape index (κ1) is 46.0. The number of hydrogen-bond acceptors (Lipinski definition) is 6. The van der Waals surface area contributed by atoms with Crippen LogP contribution in [0.15, 0.2) is 0 Å². The molecule has 0 aromatic rings. The number of unbranched alkanes of at least 4 members (excludes halogenated alkanes) is 27. The van der Waals surface area contributed by atoms with Gasteiger partial charge in [0.05, 0.1) is 6.61 Å². The molecule has 0 unspecified atom stereocenters. The first-order valence-electron chi connectivity index (χ1n) is 19.8. The molecule has 0 saturated carbocycles. The molecule has 0 heterocycles. The molecule has 2 N–H and O–H groups in total. The molecule has 0 aromatic carbocycles. The lowest BCUT2D eigenvalue weighted by atomic mass is 10.0.